The Morgan fingerprint density at radius 3 is 2.17 bits per heavy atom. The van der Waals surface area contributed by atoms with Crippen molar-refractivity contribution in [3.8, 4) is 11.5 Å². The second kappa shape index (κ2) is 9.36. The Hall–Kier alpha value is -1.97. The van der Waals surface area contributed by atoms with Crippen LogP contribution in [0.15, 0.2) is 27.4 Å². The number of benzene rings is 1. The third kappa shape index (κ3) is 5.29. The monoisotopic (exact) mass is 332 g/mol. The van der Waals surface area contributed by atoms with Crippen molar-refractivity contribution in [1.82, 2.24) is 0 Å². The number of unbranched alkanes of at least 4 members (excludes halogenated alkanes) is 8. The minimum absolute atomic E-state index is 0.108. The summed E-state index contributed by atoms with van der Waals surface area (Å²) in [6.45, 7) is 2.23. The smallest absolute Gasteiger partial charge is 0.196 e. The van der Waals surface area contributed by atoms with Crippen LogP contribution < -0.4 is 5.43 Å². The molecule has 0 radical (unpaired) electrons. The lowest BCUT2D eigenvalue weighted by Gasteiger charge is -2.05. The van der Waals surface area contributed by atoms with Crippen molar-refractivity contribution in [2.24, 2.45) is 0 Å². The van der Waals surface area contributed by atoms with E-state index in [1.807, 2.05) is 0 Å². The summed E-state index contributed by atoms with van der Waals surface area (Å²) in [6, 6.07) is 3.97. The zero-order chi connectivity index (χ0) is 17.4. The van der Waals surface area contributed by atoms with Crippen LogP contribution in [0.4, 0.5) is 0 Å². The van der Waals surface area contributed by atoms with Gasteiger partial charge in [0.1, 0.15) is 28.2 Å². The molecule has 4 heteroatoms. The summed E-state index contributed by atoms with van der Waals surface area (Å²) < 4.78 is 5.66. The lowest BCUT2D eigenvalue weighted by atomic mass is 10.1. The SMILES string of the molecule is CCCCCCCCCCCc1cc(=O)c2c(O)cc(O)cc2o1. The van der Waals surface area contributed by atoms with E-state index < -0.39 is 0 Å². The van der Waals surface area contributed by atoms with Crippen LogP contribution >= 0.6 is 0 Å². The molecule has 0 aliphatic carbocycles. The van der Waals surface area contributed by atoms with Gasteiger partial charge in [0.25, 0.3) is 0 Å². The van der Waals surface area contributed by atoms with E-state index in [1.165, 1.54) is 57.1 Å². The molecule has 2 aromatic rings. The van der Waals surface area contributed by atoms with E-state index in [2.05, 4.69) is 6.92 Å². The molecule has 0 aliphatic rings. The van der Waals surface area contributed by atoms with E-state index in [1.54, 1.807) is 0 Å². The fraction of sp³-hybridized carbons (Fsp3) is 0.550. The van der Waals surface area contributed by atoms with Crippen LogP contribution in [0.5, 0.6) is 11.5 Å². The first-order chi connectivity index (χ1) is 11.6. The summed E-state index contributed by atoms with van der Waals surface area (Å²) >= 11 is 0. The van der Waals surface area contributed by atoms with E-state index in [-0.39, 0.29) is 27.9 Å². The van der Waals surface area contributed by atoms with Crippen LogP contribution in [0, 0.1) is 0 Å². The van der Waals surface area contributed by atoms with Gasteiger partial charge in [-0.2, -0.15) is 0 Å². The van der Waals surface area contributed by atoms with Crippen molar-refractivity contribution in [3.63, 3.8) is 0 Å². The zero-order valence-corrected chi connectivity index (χ0v) is 14.5. The van der Waals surface area contributed by atoms with Gasteiger partial charge in [0.15, 0.2) is 5.43 Å². The summed E-state index contributed by atoms with van der Waals surface area (Å²) in [5, 5.41) is 19.4. The Kier molecular flexibility index (Phi) is 7.16. The number of aromatic hydroxyl groups is 2. The highest BCUT2D eigenvalue weighted by Gasteiger charge is 2.10. The van der Waals surface area contributed by atoms with Gasteiger partial charge >= 0.3 is 0 Å². The first kappa shape index (κ1) is 18.4. The number of hydrogen-bond acceptors (Lipinski definition) is 4. The van der Waals surface area contributed by atoms with E-state index in [4.69, 9.17) is 4.42 Å². The molecule has 2 N–H and O–H groups in total. The average molecular weight is 332 g/mol. The maximum Gasteiger partial charge on any atom is 0.196 e. The number of rotatable bonds is 10. The summed E-state index contributed by atoms with van der Waals surface area (Å²) in [5.41, 5.74) is -0.0226. The van der Waals surface area contributed by atoms with Crippen molar-refractivity contribution in [2.45, 2.75) is 71.1 Å². The minimum atomic E-state index is -0.264. The Morgan fingerprint density at radius 1 is 0.875 bits per heavy atom. The summed E-state index contributed by atoms with van der Waals surface area (Å²) in [5.74, 6) is 0.261. The maximum absolute atomic E-state index is 12.1. The van der Waals surface area contributed by atoms with Gasteiger partial charge in [0.2, 0.25) is 0 Å². The van der Waals surface area contributed by atoms with Gasteiger partial charge < -0.3 is 14.6 Å². The van der Waals surface area contributed by atoms with Gasteiger partial charge in [-0.15, -0.1) is 0 Å². The van der Waals surface area contributed by atoms with E-state index >= 15 is 0 Å². The number of phenolic OH excluding ortho intramolecular Hbond substituents is 2. The van der Waals surface area contributed by atoms with Crippen molar-refractivity contribution in [1.29, 1.82) is 0 Å². The topological polar surface area (TPSA) is 70.7 Å². The number of hydrogen-bond donors (Lipinski definition) is 2. The molecule has 0 amide bonds. The Labute approximate surface area is 143 Å². The van der Waals surface area contributed by atoms with Crippen molar-refractivity contribution < 1.29 is 14.6 Å². The molecule has 0 unspecified atom stereocenters. The molecule has 0 saturated carbocycles. The van der Waals surface area contributed by atoms with Crippen molar-refractivity contribution in [3.05, 3.63) is 34.2 Å². The number of phenols is 2. The molecule has 1 heterocycles. The molecular formula is C20H28O4. The largest absolute Gasteiger partial charge is 0.508 e. The number of aryl methyl sites for hydroxylation is 1. The fourth-order valence-corrected chi connectivity index (χ4v) is 3.04. The molecule has 2 rings (SSSR count). The van der Waals surface area contributed by atoms with Crippen LogP contribution in [-0.4, -0.2) is 10.2 Å². The Bertz CT molecular complexity index is 703. The van der Waals surface area contributed by atoms with Gasteiger partial charge in [0.05, 0.1) is 0 Å². The summed E-state index contributed by atoms with van der Waals surface area (Å²) in [7, 11) is 0. The van der Waals surface area contributed by atoms with Crippen molar-refractivity contribution >= 4 is 11.0 Å². The third-order valence-corrected chi connectivity index (χ3v) is 4.37. The standard InChI is InChI=1S/C20H28O4/c1-2-3-4-5-6-7-8-9-10-11-16-14-18(23)20-17(22)12-15(21)13-19(20)24-16/h12-14,21-22H,2-11H2,1H3. The molecule has 0 spiro atoms. The van der Waals surface area contributed by atoms with Crippen LogP contribution in [-0.2, 0) is 6.42 Å². The quantitative estimate of drug-likeness (QED) is 0.581. The highest BCUT2D eigenvalue weighted by Crippen LogP contribution is 2.28. The Balaban J connectivity index is 1.80. The Morgan fingerprint density at radius 2 is 1.50 bits per heavy atom. The van der Waals surface area contributed by atoms with Crippen LogP contribution in [0.3, 0.4) is 0 Å². The molecule has 0 aliphatic heterocycles. The van der Waals surface area contributed by atoms with Crippen molar-refractivity contribution in [2.75, 3.05) is 0 Å². The first-order valence-electron chi connectivity index (χ1n) is 9.10. The van der Waals surface area contributed by atoms with E-state index in [0.29, 0.717) is 12.2 Å². The van der Waals surface area contributed by atoms with E-state index in [0.717, 1.165) is 18.9 Å². The predicted molar refractivity (Wildman–Crippen MR) is 96.7 cm³/mol. The predicted octanol–water partition coefficient (Wildman–Crippen LogP) is 5.28. The molecule has 0 saturated heterocycles. The number of fused-ring (bicyclic) bond motifs is 1. The minimum Gasteiger partial charge on any atom is -0.508 e. The molecule has 0 atom stereocenters. The maximum atomic E-state index is 12.1. The van der Waals surface area contributed by atoms with E-state index in [9.17, 15) is 15.0 Å². The zero-order valence-electron chi connectivity index (χ0n) is 14.5. The third-order valence-electron chi connectivity index (χ3n) is 4.37. The lowest BCUT2D eigenvalue weighted by molar-refractivity contribution is 0.449. The summed E-state index contributed by atoms with van der Waals surface area (Å²) in [4.78, 5) is 12.1. The molecule has 4 nitrogen and oxygen atoms in total. The fourth-order valence-electron chi connectivity index (χ4n) is 3.04. The van der Waals surface area contributed by atoms with Crippen LogP contribution in [0.2, 0.25) is 0 Å². The normalized spacial score (nSPS) is 11.2. The molecule has 0 fully saturated rings. The highest BCUT2D eigenvalue weighted by molar-refractivity contribution is 5.84. The van der Waals surface area contributed by atoms with Gasteiger partial charge in [-0.3, -0.25) is 4.79 Å². The second-order valence-electron chi connectivity index (χ2n) is 6.49. The highest BCUT2D eigenvalue weighted by atomic mass is 16.3. The molecule has 1 aromatic heterocycles. The van der Waals surface area contributed by atoms with Crippen LogP contribution in [0.1, 0.15) is 70.5 Å². The lowest BCUT2D eigenvalue weighted by Crippen LogP contribution is -2.02. The molecule has 24 heavy (non-hydrogen) atoms. The van der Waals surface area contributed by atoms with Gasteiger partial charge in [-0.25, -0.2) is 0 Å². The molecule has 132 valence electrons. The van der Waals surface area contributed by atoms with Crippen LogP contribution in [0.25, 0.3) is 11.0 Å². The molecule has 1 aromatic carbocycles. The summed E-state index contributed by atoms with van der Waals surface area (Å²) in [6.07, 6.45) is 11.9. The molecule has 0 bridgehead atoms. The first-order valence-corrected chi connectivity index (χ1v) is 9.10. The average Bonchev–Trinajstić information content (AvgIpc) is 2.52. The molecular weight excluding hydrogens is 304 g/mol. The van der Waals surface area contributed by atoms with Gasteiger partial charge in [-0.1, -0.05) is 58.3 Å². The second-order valence-corrected chi connectivity index (χ2v) is 6.49. The van der Waals surface area contributed by atoms with Gasteiger partial charge in [0, 0.05) is 24.6 Å². The van der Waals surface area contributed by atoms with Gasteiger partial charge in [-0.05, 0) is 6.42 Å².